The van der Waals surface area contributed by atoms with Gasteiger partial charge in [-0.1, -0.05) is 49.7 Å². The van der Waals surface area contributed by atoms with Gasteiger partial charge in [-0.2, -0.15) is 0 Å². The fourth-order valence-corrected chi connectivity index (χ4v) is 2.98. The van der Waals surface area contributed by atoms with E-state index in [9.17, 15) is 9.59 Å². The van der Waals surface area contributed by atoms with Gasteiger partial charge in [-0.05, 0) is 48.2 Å². The number of rotatable bonds is 6. The van der Waals surface area contributed by atoms with Gasteiger partial charge in [0.2, 0.25) is 5.91 Å². The molecule has 0 bridgehead atoms. The summed E-state index contributed by atoms with van der Waals surface area (Å²) in [6, 6.07) is 14.3. The third-order valence-electron chi connectivity index (χ3n) is 4.24. The molecule has 6 heteroatoms. The number of benzene rings is 2. The number of anilines is 1. The fourth-order valence-electron chi connectivity index (χ4n) is 2.86. The van der Waals surface area contributed by atoms with Crippen molar-refractivity contribution >= 4 is 29.2 Å². The van der Waals surface area contributed by atoms with E-state index < -0.39 is 0 Å². The van der Waals surface area contributed by atoms with E-state index in [0.29, 0.717) is 10.7 Å². The molecule has 3 amide bonds. The van der Waals surface area contributed by atoms with Crippen LogP contribution in [0.1, 0.15) is 50.9 Å². The van der Waals surface area contributed by atoms with Gasteiger partial charge in [0.1, 0.15) is 0 Å². The molecule has 0 saturated carbocycles. The van der Waals surface area contributed by atoms with E-state index in [1.807, 2.05) is 55.5 Å². The van der Waals surface area contributed by atoms with E-state index in [-0.39, 0.29) is 29.9 Å². The van der Waals surface area contributed by atoms with Crippen molar-refractivity contribution in [2.45, 2.75) is 39.8 Å². The average molecular weight is 388 g/mol. The van der Waals surface area contributed by atoms with Gasteiger partial charge in [0.05, 0.1) is 12.1 Å². The lowest BCUT2D eigenvalue weighted by atomic mass is 9.96. The number of amides is 3. The predicted octanol–water partition coefficient (Wildman–Crippen LogP) is 5.06. The van der Waals surface area contributed by atoms with Gasteiger partial charge in [-0.25, -0.2) is 4.79 Å². The molecule has 0 heterocycles. The highest BCUT2D eigenvalue weighted by Crippen LogP contribution is 2.23. The summed E-state index contributed by atoms with van der Waals surface area (Å²) < 4.78 is 0. The second-order valence-electron chi connectivity index (χ2n) is 6.92. The molecule has 2 aromatic rings. The maximum atomic E-state index is 12.5. The van der Waals surface area contributed by atoms with Gasteiger partial charge in [-0.3, -0.25) is 4.79 Å². The number of carbonyl (C=O) groups is 2. The maximum absolute atomic E-state index is 12.5. The molecule has 0 saturated heterocycles. The van der Waals surface area contributed by atoms with Crippen LogP contribution in [-0.4, -0.2) is 11.9 Å². The van der Waals surface area contributed by atoms with Crippen LogP contribution in [0.15, 0.2) is 48.5 Å². The number of carbonyl (C=O) groups excluding carboxylic acids is 2. The van der Waals surface area contributed by atoms with E-state index in [4.69, 9.17) is 11.6 Å². The van der Waals surface area contributed by atoms with Crippen molar-refractivity contribution in [3.8, 4) is 0 Å². The Hall–Kier alpha value is -2.53. The van der Waals surface area contributed by atoms with Crippen LogP contribution in [0.25, 0.3) is 0 Å². The molecule has 0 unspecified atom stereocenters. The van der Waals surface area contributed by atoms with Crippen LogP contribution in [0.4, 0.5) is 10.5 Å². The molecule has 5 nitrogen and oxygen atoms in total. The van der Waals surface area contributed by atoms with Crippen molar-refractivity contribution in [3.05, 3.63) is 64.7 Å². The number of nitrogens with one attached hydrogen (secondary N) is 3. The minimum atomic E-state index is -0.249. The molecule has 2 atom stereocenters. The van der Waals surface area contributed by atoms with Gasteiger partial charge in [0.15, 0.2) is 0 Å². The average Bonchev–Trinajstić information content (AvgIpc) is 2.60. The molecule has 2 rings (SSSR count). The summed E-state index contributed by atoms with van der Waals surface area (Å²) in [5.41, 5.74) is 2.61. The van der Waals surface area contributed by atoms with E-state index in [0.717, 1.165) is 11.1 Å². The first-order valence-electron chi connectivity index (χ1n) is 8.96. The van der Waals surface area contributed by atoms with Crippen molar-refractivity contribution in [1.82, 2.24) is 10.6 Å². The standard InChI is InChI=1S/C21H26ClN3O2/c1-13(2)20(16-8-10-18(22)11-9-16)25-21(27)23-14(3)17-6-5-7-19(12-17)24-15(4)26/h5-14,20H,1-4H3,(H,24,26)(H2,23,25,27)/t14-,20-/m1/s1. The van der Waals surface area contributed by atoms with Crippen LogP contribution < -0.4 is 16.0 Å². The summed E-state index contributed by atoms with van der Waals surface area (Å²) in [4.78, 5) is 23.7. The van der Waals surface area contributed by atoms with E-state index in [2.05, 4.69) is 29.8 Å². The van der Waals surface area contributed by atoms with Gasteiger partial charge in [-0.15, -0.1) is 0 Å². The van der Waals surface area contributed by atoms with Crippen molar-refractivity contribution in [3.63, 3.8) is 0 Å². The van der Waals surface area contributed by atoms with Gasteiger partial charge in [0, 0.05) is 17.6 Å². The van der Waals surface area contributed by atoms with Crippen LogP contribution in [-0.2, 0) is 4.79 Å². The molecule has 144 valence electrons. The van der Waals surface area contributed by atoms with Gasteiger partial charge in [0.25, 0.3) is 0 Å². The Morgan fingerprint density at radius 3 is 2.19 bits per heavy atom. The molecule has 0 fully saturated rings. The molecular weight excluding hydrogens is 362 g/mol. The van der Waals surface area contributed by atoms with E-state index in [1.54, 1.807) is 0 Å². The quantitative estimate of drug-likeness (QED) is 0.648. The van der Waals surface area contributed by atoms with Crippen LogP contribution in [0, 0.1) is 5.92 Å². The normalized spacial score (nSPS) is 13.0. The number of urea groups is 1. The molecule has 0 aliphatic carbocycles. The lowest BCUT2D eigenvalue weighted by molar-refractivity contribution is -0.114. The third kappa shape index (κ3) is 6.29. The molecular formula is C21H26ClN3O2. The maximum Gasteiger partial charge on any atom is 0.315 e. The Labute approximate surface area is 165 Å². The second-order valence-corrected chi connectivity index (χ2v) is 7.36. The fraction of sp³-hybridized carbons (Fsp3) is 0.333. The Balaban J connectivity index is 2.04. The van der Waals surface area contributed by atoms with E-state index >= 15 is 0 Å². The molecule has 0 spiro atoms. The second kappa shape index (κ2) is 9.42. The van der Waals surface area contributed by atoms with Gasteiger partial charge < -0.3 is 16.0 Å². The van der Waals surface area contributed by atoms with Crippen molar-refractivity contribution in [2.75, 3.05) is 5.32 Å². The molecule has 3 N–H and O–H groups in total. The largest absolute Gasteiger partial charge is 0.332 e. The van der Waals surface area contributed by atoms with Crippen molar-refractivity contribution in [2.24, 2.45) is 5.92 Å². The lowest BCUT2D eigenvalue weighted by Gasteiger charge is -2.25. The number of halogens is 1. The third-order valence-corrected chi connectivity index (χ3v) is 4.49. The number of hydrogen-bond acceptors (Lipinski definition) is 2. The first kappa shape index (κ1) is 20.8. The Bertz CT molecular complexity index is 790. The molecule has 27 heavy (non-hydrogen) atoms. The zero-order valence-corrected chi connectivity index (χ0v) is 16.8. The Kier molecular flexibility index (Phi) is 7.25. The highest BCUT2D eigenvalue weighted by atomic mass is 35.5. The molecule has 0 aromatic heterocycles. The smallest absolute Gasteiger partial charge is 0.315 e. The zero-order chi connectivity index (χ0) is 20.0. The minimum absolute atomic E-state index is 0.125. The van der Waals surface area contributed by atoms with Crippen LogP contribution >= 0.6 is 11.6 Å². The summed E-state index contributed by atoms with van der Waals surface area (Å²) in [6.45, 7) is 7.48. The first-order chi connectivity index (χ1) is 12.8. The Morgan fingerprint density at radius 1 is 0.926 bits per heavy atom. The first-order valence-corrected chi connectivity index (χ1v) is 9.34. The van der Waals surface area contributed by atoms with Crippen molar-refractivity contribution in [1.29, 1.82) is 0 Å². The molecule has 2 aromatic carbocycles. The summed E-state index contributed by atoms with van der Waals surface area (Å²) in [7, 11) is 0. The van der Waals surface area contributed by atoms with Crippen molar-refractivity contribution < 1.29 is 9.59 Å². The monoisotopic (exact) mass is 387 g/mol. The summed E-state index contributed by atoms with van der Waals surface area (Å²) >= 11 is 5.96. The van der Waals surface area contributed by atoms with Crippen LogP contribution in [0.3, 0.4) is 0 Å². The summed E-state index contributed by atoms with van der Waals surface area (Å²) in [6.07, 6.45) is 0. The molecule has 0 aliphatic rings. The lowest BCUT2D eigenvalue weighted by Crippen LogP contribution is -2.40. The summed E-state index contributed by atoms with van der Waals surface area (Å²) in [5, 5.41) is 9.40. The predicted molar refractivity (Wildman–Crippen MR) is 110 cm³/mol. The molecule has 0 aliphatic heterocycles. The SMILES string of the molecule is CC(=O)Nc1cccc([C@@H](C)NC(=O)N[C@@H](c2ccc(Cl)cc2)C(C)C)c1. The highest BCUT2D eigenvalue weighted by Gasteiger charge is 2.19. The van der Waals surface area contributed by atoms with Gasteiger partial charge >= 0.3 is 6.03 Å². The van der Waals surface area contributed by atoms with E-state index in [1.165, 1.54) is 6.92 Å². The highest BCUT2D eigenvalue weighted by molar-refractivity contribution is 6.30. The van der Waals surface area contributed by atoms with Crippen LogP contribution in [0.2, 0.25) is 5.02 Å². The summed E-state index contributed by atoms with van der Waals surface area (Å²) in [5.74, 6) is 0.0866. The van der Waals surface area contributed by atoms with Crippen LogP contribution in [0.5, 0.6) is 0 Å². The molecule has 0 radical (unpaired) electrons. The Morgan fingerprint density at radius 2 is 1.59 bits per heavy atom. The topological polar surface area (TPSA) is 70.2 Å². The number of hydrogen-bond donors (Lipinski definition) is 3. The zero-order valence-electron chi connectivity index (χ0n) is 16.0. The minimum Gasteiger partial charge on any atom is -0.332 e.